The molecule has 1 aromatic heterocycles. The van der Waals surface area contributed by atoms with Crippen molar-refractivity contribution in [1.29, 1.82) is 0 Å². The Morgan fingerprint density at radius 2 is 1.88 bits per heavy atom. The molecule has 6 nitrogen and oxygen atoms in total. The van der Waals surface area contributed by atoms with E-state index in [9.17, 15) is 9.18 Å². The van der Waals surface area contributed by atoms with Crippen molar-refractivity contribution < 1.29 is 9.13 Å². The van der Waals surface area contributed by atoms with Crippen LogP contribution in [0.4, 0.5) is 10.1 Å². The first-order valence-corrected chi connectivity index (χ1v) is 7.93. The summed E-state index contributed by atoms with van der Waals surface area (Å²) < 4.78 is 19.1. The van der Waals surface area contributed by atoms with Gasteiger partial charge in [-0.05, 0) is 42.0 Å². The van der Waals surface area contributed by atoms with Crippen molar-refractivity contribution >= 4 is 23.5 Å². The van der Waals surface area contributed by atoms with E-state index in [2.05, 4.69) is 15.6 Å². The Morgan fingerprint density at radius 3 is 2.54 bits per heavy atom. The Hall–Kier alpha value is -3.19. The minimum atomic E-state index is -0.487. The van der Waals surface area contributed by atoms with Gasteiger partial charge in [0.05, 0.1) is 25.2 Å². The van der Waals surface area contributed by atoms with E-state index in [0.29, 0.717) is 17.0 Å². The van der Waals surface area contributed by atoms with Gasteiger partial charge in [0.25, 0.3) is 5.56 Å². The molecule has 8 heteroatoms. The van der Waals surface area contributed by atoms with E-state index >= 15 is 0 Å². The summed E-state index contributed by atoms with van der Waals surface area (Å²) in [6, 6.07) is 12.6. The van der Waals surface area contributed by atoms with Crippen molar-refractivity contribution in [2.75, 3.05) is 12.5 Å². The number of halogens is 2. The molecule has 0 unspecified atom stereocenters. The number of hydrazone groups is 1. The Labute approximate surface area is 153 Å². The summed E-state index contributed by atoms with van der Waals surface area (Å²) in [5.74, 6) is 0.339. The standard InChI is InChI=1S/C18H14ClFN4O2/c1-26-15-8-6-14(7-9-15)24-18(25)17(19)16(11-22-24)23-21-10-12-2-4-13(20)5-3-12/h2-11,23H,1H3/b21-10-. The van der Waals surface area contributed by atoms with E-state index in [-0.39, 0.29) is 16.5 Å². The smallest absolute Gasteiger partial charge is 0.292 e. The summed E-state index contributed by atoms with van der Waals surface area (Å²) in [5.41, 5.74) is 3.68. The first kappa shape index (κ1) is 17.6. The number of hydrogen-bond acceptors (Lipinski definition) is 5. The van der Waals surface area contributed by atoms with E-state index < -0.39 is 5.56 Å². The Bertz CT molecular complexity index is 986. The van der Waals surface area contributed by atoms with Crippen LogP contribution in [0.3, 0.4) is 0 Å². The predicted octanol–water partition coefficient (Wildman–Crippen LogP) is 3.48. The van der Waals surface area contributed by atoms with Crippen LogP contribution >= 0.6 is 11.6 Å². The zero-order chi connectivity index (χ0) is 18.5. The highest BCUT2D eigenvalue weighted by Crippen LogP contribution is 2.18. The lowest BCUT2D eigenvalue weighted by Gasteiger charge is -2.08. The normalized spacial score (nSPS) is 10.9. The molecule has 0 saturated carbocycles. The average molecular weight is 373 g/mol. The number of methoxy groups -OCH3 is 1. The van der Waals surface area contributed by atoms with Crippen LogP contribution in [-0.2, 0) is 0 Å². The number of aromatic nitrogens is 2. The Kier molecular flexibility index (Phi) is 5.28. The largest absolute Gasteiger partial charge is 0.497 e. The van der Waals surface area contributed by atoms with Gasteiger partial charge in [-0.1, -0.05) is 23.7 Å². The van der Waals surface area contributed by atoms with Crippen LogP contribution in [-0.4, -0.2) is 23.1 Å². The van der Waals surface area contributed by atoms with Gasteiger partial charge in [-0.3, -0.25) is 10.2 Å². The molecule has 3 aromatic rings. The fraction of sp³-hybridized carbons (Fsp3) is 0.0556. The van der Waals surface area contributed by atoms with Gasteiger partial charge in [-0.15, -0.1) is 0 Å². The number of nitrogens with zero attached hydrogens (tertiary/aromatic N) is 3. The lowest BCUT2D eigenvalue weighted by atomic mass is 10.2. The molecule has 0 aliphatic heterocycles. The van der Waals surface area contributed by atoms with Gasteiger partial charge < -0.3 is 4.74 Å². The fourth-order valence-corrected chi connectivity index (χ4v) is 2.31. The monoisotopic (exact) mass is 372 g/mol. The van der Waals surface area contributed by atoms with Gasteiger partial charge in [-0.25, -0.2) is 4.39 Å². The molecule has 0 aliphatic rings. The molecule has 0 spiro atoms. The number of benzene rings is 2. The second-order valence-electron chi connectivity index (χ2n) is 5.21. The van der Waals surface area contributed by atoms with Crippen LogP contribution in [0.5, 0.6) is 5.75 Å². The molecule has 0 atom stereocenters. The predicted molar refractivity (Wildman–Crippen MR) is 99.0 cm³/mol. The van der Waals surface area contributed by atoms with Gasteiger partial charge in [0.1, 0.15) is 22.3 Å². The third-order valence-electron chi connectivity index (χ3n) is 3.50. The van der Waals surface area contributed by atoms with Crippen LogP contribution in [0.15, 0.2) is 64.6 Å². The van der Waals surface area contributed by atoms with E-state index in [0.717, 1.165) is 0 Å². The summed E-state index contributed by atoms with van der Waals surface area (Å²) in [6.07, 6.45) is 2.88. The van der Waals surface area contributed by atoms with Crippen LogP contribution in [0.2, 0.25) is 5.02 Å². The van der Waals surface area contributed by atoms with Gasteiger partial charge in [-0.2, -0.15) is 14.9 Å². The molecule has 3 rings (SSSR count). The van der Waals surface area contributed by atoms with Gasteiger partial charge in [0.2, 0.25) is 0 Å². The molecule has 26 heavy (non-hydrogen) atoms. The third kappa shape index (κ3) is 3.89. The molecular formula is C18H14ClFN4O2. The molecule has 0 fully saturated rings. The molecule has 0 radical (unpaired) electrons. The zero-order valence-corrected chi connectivity index (χ0v) is 14.4. The molecule has 0 saturated heterocycles. The second-order valence-corrected chi connectivity index (χ2v) is 5.59. The molecule has 2 aromatic carbocycles. The molecule has 0 aliphatic carbocycles. The highest BCUT2D eigenvalue weighted by atomic mass is 35.5. The number of hydrogen-bond donors (Lipinski definition) is 1. The van der Waals surface area contributed by atoms with Crippen LogP contribution in [0, 0.1) is 5.82 Å². The molecule has 132 valence electrons. The van der Waals surface area contributed by atoms with Gasteiger partial charge in [0, 0.05) is 0 Å². The van der Waals surface area contributed by atoms with Crippen molar-refractivity contribution in [2.45, 2.75) is 0 Å². The minimum Gasteiger partial charge on any atom is -0.497 e. The molecule has 0 bridgehead atoms. The van der Waals surface area contributed by atoms with E-state index in [4.69, 9.17) is 16.3 Å². The molecule has 1 heterocycles. The van der Waals surface area contributed by atoms with Crippen molar-refractivity contribution in [3.63, 3.8) is 0 Å². The molecule has 0 amide bonds. The topological polar surface area (TPSA) is 68.5 Å². The lowest BCUT2D eigenvalue weighted by Crippen LogP contribution is -2.22. The van der Waals surface area contributed by atoms with Crippen molar-refractivity contribution in [1.82, 2.24) is 9.78 Å². The quantitative estimate of drug-likeness (QED) is 0.550. The van der Waals surface area contributed by atoms with Gasteiger partial charge >= 0.3 is 0 Å². The van der Waals surface area contributed by atoms with Crippen molar-refractivity contribution in [2.24, 2.45) is 5.10 Å². The van der Waals surface area contributed by atoms with Gasteiger partial charge in [0.15, 0.2) is 0 Å². The summed E-state index contributed by atoms with van der Waals surface area (Å²) in [5, 5.41) is 8.03. The maximum atomic E-state index is 12.9. The van der Waals surface area contributed by atoms with E-state index in [1.807, 2.05) is 0 Å². The minimum absolute atomic E-state index is 0.0490. The van der Waals surface area contributed by atoms with Crippen LogP contribution < -0.4 is 15.7 Å². The summed E-state index contributed by atoms with van der Waals surface area (Å²) in [4.78, 5) is 12.4. The maximum Gasteiger partial charge on any atom is 0.292 e. The maximum absolute atomic E-state index is 12.9. The highest BCUT2D eigenvalue weighted by molar-refractivity contribution is 6.32. The van der Waals surface area contributed by atoms with E-state index in [1.54, 1.807) is 43.5 Å². The van der Waals surface area contributed by atoms with Crippen LogP contribution in [0.1, 0.15) is 5.56 Å². The summed E-state index contributed by atoms with van der Waals surface area (Å²) in [6.45, 7) is 0. The molecule has 1 N–H and O–H groups in total. The second kappa shape index (κ2) is 7.79. The van der Waals surface area contributed by atoms with Crippen LogP contribution in [0.25, 0.3) is 5.69 Å². The fourth-order valence-electron chi connectivity index (χ4n) is 2.14. The SMILES string of the molecule is COc1ccc(-n2ncc(N/N=C\c3ccc(F)cc3)c(Cl)c2=O)cc1. The lowest BCUT2D eigenvalue weighted by molar-refractivity contribution is 0.414. The molecular weight excluding hydrogens is 359 g/mol. The summed E-state index contributed by atoms with van der Waals surface area (Å²) in [7, 11) is 1.56. The average Bonchev–Trinajstić information content (AvgIpc) is 2.67. The van der Waals surface area contributed by atoms with Crippen molar-refractivity contribution in [3.8, 4) is 11.4 Å². The number of ether oxygens (including phenoxy) is 1. The number of nitrogens with one attached hydrogen (secondary N) is 1. The first-order valence-electron chi connectivity index (χ1n) is 7.55. The Balaban J connectivity index is 1.80. The highest BCUT2D eigenvalue weighted by Gasteiger charge is 2.10. The van der Waals surface area contributed by atoms with E-state index in [1.165, 1.54) is 29.2 Å². The third-order valence-corrected chi connectivity index (χ3v) is 3.87. The number of rotatable bonds is 5. The zero-order valence-electron chi connectivity index (χ0n) is 13.7. The Morgan fingerprint density at radius 1 is 1.19 bits per heavy atom. The first-order chi connectivity index (χ1) is 12.6. The number of anilines is 1. The summed E-state index contributed by atoms with van der Waals surface area (Å²) >= 11 is 6.13. The van der Waals surface area contributed by atoms with Crippen molar-refractivity contribution in [3.05, 3.63) is 81.5 Å².